The van der Waals surface area contributed by atoms with Crippen LogP contribution in [0.1, 0.15) is 28.4 Å². The summed E-state index contributed by atoms with van der Waals surface area (Å²) in [4.78, 5) is 24.5. The molecule has 0 aliphatic carbocycles. The van der Waals surface area contributed by atoms with Crippen LogP contribution in [0.3, 0.4) is 0 Å². The van der Waals surface area contributed by atoms with E-state index in [-0.39, 0.29) is 5.91 Å². The summed E-state index contributed by atoms with van der Waals surface area (Å²) in [7, 11) is 1.58. The van der Waals surface area contributed by atoms with Crippen LogP contribution in [0.15, 0.2) is 42.5 Å². The Balaban J connectivity index is 1.74. The van der Waals surface area contributed by atoms with E-state index >= 15 is 0 Å². The number of aryl methyl sites for hydroxylation is 1. The monoisotopic (exact) mass is 325 g/mol. The Morgan fingerprint density at radius 2 is 2.00 bits per heavy atom. The third-order valence-corrected chi connectivity index (χ3v) is 4.10. The average Bonchev–Trinajstić information content (AvgIpc) is 2.61. The summed E-state index contributed by atoms with van der Waals surface area (Å²) >= 11 is 0. The molecular formula is C19H19NO4. The molecule has 1 amide bonds. The Hall–Kier alpha value is -2.82. The molecule has 3 rings (SSSR count). The van der Waals surface area contributed by atoms with Gasteiger partial charge in [-0.2, -0.15) is 0 Å². The molecule has 0 bridgehead atoms. The number of hydrogen-bond donors (Lipinski definition) is 1. The number of fused-ring (bicyclic) bond motifs is 1. The van der Waals surface area contributed by atoms with Gasteiger partial charge < -0.3 is 14.8 Å². The van der Waals surface area contributed by atoms with Crippen LogP contribution in [-0.4, -0.2) is 25.1 Å². The molecule has 1 unspecified atom stereocenters. The van der Waals surface area contributed by atoms with Gasteiger partial charge in [-0.25, -0.2) is 4.79 Å². The number of esters is 1. The quantitative estimate of drug-likeness (QED) is 0.878. The SMILES string of the molecule is CCc1ccc2c(c1)CC(C(=O)Nc1ccc(OC)cc1)OC2=O. The number of ether oxygens (including phenoxy) is 2. The lowest BCUT2D eigenvalue weighted by Gasteiger charge is -2.24. The second-order valence-corrected chi connectivity index (χ2v) is 5.66. The van der Waals surface area contributed by atoms with Crippen LogP contribution in [-0.2, 0) is 22.4 Å². The van der Waals surface area contributed by atoms with Crippen molar-refractivity contribution in [2.45, 2.75) is 25.9 Å². The van der Waals surface area contributed by atoms with E-state index in [0.717, 1.165) is 17.5 Å². The van der Waals surface area contributed by atoms with Crippen molar-refractivity contribution in [3.05, 3.63) is 59.2 Å². The molecular weight excluding hydrogens is 306 g/mol. The molecule has 0 saturated heterocycles. The number of amides is 1. The van der Waals surface area contributed by atoms with Crippen molar-refractivity contribution in [1.29, 1.82) is 0 Å². The predicted octanol–water partition coefficient (Wildman–Crippen LogP) is 2.98. The Bertz CT molecular complexity index is 767. The van der Waals surface area contributed by atoms with Crippen LogP contribution >= 0.6 is 0 Å². The van der Waals surface area contributed by atoms with Gasteiger partial charge in [0, 0.05) is 12.1 Å². The minimum Gasteiger partial charge on any atom is -0.497 e. The first-order valence-electron chi connectivity index (χ1n) is 7.88. The molecule has 1 aliphatic heterocycles. The number of carbonyl (C=O) groups excluding carboxylic acids is 2. The maximum Gasteiger partial charge on any atom is 0.339 e. The van der Waals surface area contributed by atoms with Gasteiger partial charge >= 0.3 is 5.97 Å². The number of benzene rings is 2. The van der Waals surface area contributed by atoms with Gasteiger partial charge in [-0.15, -0.1) is 0 Å². The molecule has 5 heteroatoms. The number of anilines is 1. The summed E-state index contributed by atoms with van der Waals surface area (Å²) in [5, 5.41) is 2.77. The fourth-order valence-corrected chi connectivity index (χ4v) is 2.71. The normalized spacial score (nSPS) is 16.1. The molecule has 0 aromatic heterocycles. The van der Waals surface area contributed by atoms with E-state index < -0.39 is 12.1 Å². The minimum absolute atomic E-state index is 0.332. The first-order valence-corrected chi connectivity index (χ1v) is 7.88. The maximum atomic E-state index is 12.4. The van der Waals surface area contributed by atoms with Gasteiger partial charge in [-0.3, -0.25) is 4.79 Å². The van der Waals surface area contributed by atoms with E-state index in [1.54, 1.807) is 37.4 Å². The zero-order valence-electron chi connectivity index (χ0n) is 13.7. The highest BCUT2D eigenvalue weighted by Crippen LogP contribution is 2.23. The molecule has 0 radical (unpaired) electrons. The molecule has 2 aromatic rings. The Morgan fingerprint density at radius 3 is 2.67 bits per heavy atom. The fourth-order valence-electron chi connectivity index (χ4n) is 2.71. The molecule has 124 valence electrons. The van der Waals surface area contributed by atoms with Crippen molar-refractivity contribution in [3.8, 4) is 5.75 Å². The number of methoxy groups -OCH3 is 1. The molecule has 1 heterocycles. The van der Waals surface area contributed by atoms with E-state index in [9.17, 15) is 9.59 Å². The summed E-state index contributed by atoms with van der Waals surface area (Å²) in [5.41, 5.74) is 3.17. The van der Waals surface area contributed by atoms with E-state index in [4.69, 9.17) is 9.47 Å². The van der Waals surface area contributed by atoms with Gasteiger partial charge in [0.25, 0.3) is 5.91 Å². The zero-order valence-corrected chi connectivity index (χ0v) is 13.7. The third-order valence-electron chi connectivity index (χ3n) is 4.10. The highest BCUT2D eigenvalue weighted by Gasteiger charge is 2.31. The average molecular weight is 325 g/mol. The topological polar surface area (TPSA) is 64.6 Å². The molecule has 1 atom stereocenters. The van der Waals surface area contributed by atoms with Crippen molar-refractivity contribution in [1.82, 2.24) is 0 Å². The lowest BCUT2D eigenvalue weighted by Crippen LogP contribution is -2.38. The molecule has 1 N–H and O–H groups in total. The zero-order chi connectivity index (χ0) is 17.1. The lowest BCUT2D eigenvalue weighted by molar-refractivity contribution is -0.125. The van der Waals surface area contributed by atoms with Crippen LogP contribution in [0.5, 0.6) is 5.75 Å². The second kappa shape index (κ2) is 6.74. The van der Waals surface area contributed by atoms with Gasteiger partial charge in [-0.05, 0) is 47.9 Å². The molecule has 0 saturated carbocycles. The van der Waals surface area contributed by atoms with Gasteiger partial charge in [0.15, 0.2) is 6.10 Å². The van der Waals surface area contributed by atoms with E-state index in [2.05, 4.69) is 12.2 Å². The molecule has 24 heavy (non-hydrogen) atoms. The summed E-state index contributed by atoms with van der Waals surface area (Å²) in [6.45, 7) is 2.05. The number of nitrogens with one attached hydrogen (secondary N) is 1. The van der Waals surface area contributed by atoms with Crippen LogP contribution < -0.4 is 10.1 Å². The molecule has 2 aromatic carbocycles. The van der Waals surface area contributed by atoms with E-state index in [1.165, 1.54) is 0 Å². The van der Waals surface area contributed by atoms with Crippen molar-refractivity contribution >= 4 is 17.6 Å². The van der Waals surface area contributed by atoms with E-state index in [0.29, 0.717) is 23.4 Å². The van der Waals surface area contributed by atoms with Gasteiger partial charge in [0.2, 0.25) is 0 Å². The van der Waals surface area contributed by atoms with Gasteiger partial charge in [-0.1, -0.05) is 19.1 Å². The fraction of sp³-hybridized carbons (Fsp3) is 0.263. The Morgan fingerprint density at radius 1 is 1.25 bits per heavy atom. The number of cyclic esters (lactones) is 1. The van der Waals surface area contributed by atoms with Crippen LogP contribution in [0.4, 0.5) is 5.69 Å². The van der Waals surface area contributed by atoms with Crippen LogP contribution in [0, 0.1) is 0 Å². The minimum atomic E-state index is -0.820. The van der Waals surface area contributed by atoms with Crippen molar-refractivity contribution < 1.29 is 19.1 Å². The highest BCUT2D eigenvalue weighted by molar-refractivity contribution is 6.00. The summed E-state index contributed by atoms with van der Waals surface area (Å²) in [5.74, 6) is -0.0760. The number of carbonyl (C=O) groups is 2. The molecule has 0 fully saturated rings. The van der Waals surface area contributed by atoms with E-state index in [1.807, 2.05) is 12.1 Å². The summed E-state index contributed by atoms with van der Waals surface area (Å²) < 4.78 is 10.4. The first kappa shape index (κ1) is 16.1. The van der Waals surface area contributed by atoms with Crippen LogP contribution in [0.25, 0.3) is 0 Å². The van der Waals surface area contributed by atoms with Crippen LogP contribution in [0.2, 0.25) is 0 Å². The van der Waals surface area contributed by atoms with Crippen molar-refractivity contribution in [2.24, 2.45) is 0 Å². The van der Waals surface area contributed by atoms with Crippen molar-refractivity contribution in [2.75, 3.05) is 12.4 Å². The third kappa shape index (κ3) is 3.25. The molecule has 5 nitrogen and oxygen atoms in total. The lowest BCUT2D eigenvalue weighted by atomic mass is 9.95. The number of rotatable bonds is 4. The first-order chi connectivity index (χ1) is 11.6. The largest absolute Gasteiger partial charge is 0.497 e. The Labute approximate surface area is 140 Å². The van der Waals surface area contributed by atoms with Gasteiger partial charge in [0.1, 0.15) is 5.75 Å². The Kier molecular flexibility index (Phi) is 4.51. The molecule has 1 aliphatic rings. The predicted molar refractivity (Wildman–Crippen MR) is 90.4 cm³/mol. The number of hydrogen-bond acceptors (Lipinski definition) is 4. The second-order valence-electron chi connectivity index (χ2n) is 5.66. The summed E-state index contributed by atoms with van der Waals surface area (Å²) in [6, 6.07) is 12.7. The standard InChI is InChI=1S/C19H19NO4/c1-3-12-4-9-16-13(10-12)11-17(24-19(16)22)18(21)20-14-5-7-15(23-2)8-6-14/h4-10,17H,3,11H2,1-2H3,(H,20,21). The highest BCUT2D eigenvalue weighted by atomic mass is 16.5. The smallest absolute Gasteiger partial charge is 0.339 e. The molecule has 0 spiro atoms. The summed E-state index contributed by atoms with van der Waals surface area (Å²) in [6.07, 6.45) is 0.446. The maximum absolute atomic E-state index is 12.4. The van der Waals surface area contributed by atoms with Gasteiger partial charge in [0.05, 0.1) is 12.7 Å². The van der Waals surface area contributed by atoms with Crippen molar-refractivity contribution in [3.63, 3.8) is 0 Å².